The number of esters is 1. The molecule has 0 aromatic heterocycles. The van der Waals surface area contributed by atoms with Crippen LogP contribution in [0.2, 0.25) is 0 Å². The lowest BCUT2D eigenvalue weighted by Gasteiger charge is -2.38. The molecular weight excluding hydrogens is 306 g/mol. The van der Waals surface area contributed by atoms with Gasteiger partial charge in [-0.15, -0.1) is 0 Å². The zero-order valence-corrected chi connectivity index (χ0v) is 13.5. The maximum Gasteiger partial charge on any atom is 0.338 e. The predicted molar refractivity (Wildman–Crippen MR) is 87.2 cm³/mol. The first kappa shape index (κ1) is 15.1. The van der Waals surface area contributed by atoms with E-state index in [0.29, 0.717) is 17.9 Å². The molecule has 3 aliphatic carbocycles. The van der Waals surface area contributed by atoms with Gasteiger partial charge in [-0.1, -0.05) is 12.2 Å². The Hall–Kier alpha value is -2.43. The molecule has 0 radical (unpaired) electrons. The van der Waals surface area contributed by atoms with Crippen molar-refractivity contribution in [2.45, 2.75) is 19.8 Å². The lowest BCUT2D eigenvalue weighted by atomic mass is 9.63. The van der Waals surface area contributed by atoms with Crippen molar-refractivity contribution in [2.24, 2.45) is 23.7 Å². The molecule has 1 saturated heterocycles. The molecule has 5 nitrogen and oxygen atoms in total. The molecule has 124 valence electrons. The highest BCUT2D eigenvalue weighted by Gasteiger charge is 2.56. The van der Waals surface area contributed by atoms with Crippen LogP contribution < -0.4 is 4.90 Å². The van der Waals surface area contributed by atoms with Gasteiger partial charge in [-0.2, -0.15) is 0 Å². The number of amides is 2. The number of anilines is 1. The number of imide groups is 1. The molecule has 0 unspecified atom stereocenters. The summed E-state index contributed by atoms with van der Waals surface area (Å²) in [5, 5.41) is 0. The van der Waals surface area contributed by atoms with Gasteiger partial charge in [0.15, 0.2) is 0 Å². The van der Waals surface area contributed by atoms with Gasteiger partial charge in [-0.05, 0) is 55.9 Å². The van der Waals surface area contributed by atoms with Crippen LogP contribution in [-0.4, -0.2) is 24.4 Å². The average molecular weight is 325 g/mol. The monoisotopic (exact) mass is 325 g/mol. The third-order valence-electron chi connectivity index (χ3n) is 5.40. The fourth-order valence-corrected chi connectivity index (χ4v) is 4.29. The Morgan fingerprint density at radius 2 is 1.58 bits per heavy atom. The lowest BCUT2D eigenvalue weighted by molar-refractivity contribution is -0.124. The van der Waals surface area contributed by atoms with E-state index in [9.17, 15) is 14.4 Å². The quantitative estimate of drug-likeness (QED) is 0.487. The fraction of sp³-hybridized carbons (Fsp3) is 0.421. The number of hydrogen-bond acceptors (Lipinski definition) is 4. The number of rotatable bonds is 3. The Labute approximate surface area is 140 Å². The fourth-order valence-electron chi connectivity index (χ4n) is 4.29. The topological polar surface area (TPSA) is 63.7 Å². The standard InChI is InChI=1S/C19H19NO4/c1-2-24-19(23)13-7-9-14(10-8-13)20-17(21)15-11-3-4-12(6-5-11)16(15)18(20)22/h3-4,7-12,15-16H,2,5-6H2,1H3/t11-,12-,15+,16+/m0/s1. The highest BCUT2D eigenvalue weighted by atomic mass is 16.5. The molecule has 0 N–H and O–H groups in total. The number of ether oxygens (including phenoxy) is 1. The van der Waals surface area contributed by atoms with Crippen LogP contribution in [0.5, 0.6) is 0 Å². The van der Waals surface area contributed by atoms with E-state index in [2.05, 4.69) is 12.2 Å². The molecule has 2 bridgehead atoms. The summed E-state index contributed by atoms with van der Waals surface area (Å²) in [5.74, 6) is -0.683. The first-order valence-electron chi connectivity index (χ1n) is 8.45. The molecule has 5 rings (SSSR count). The van der Waals surface area contributed by atoms with Gasteiger partial charge in [0.05, 0.1) is 29.7 Å². The summed E-state index contributed by atoms with van der Waals surface area (Å²) in [7, 11) is 0. The van der Waals surface area contributed by atoms with Crippen molar-refractivity contribution in [3.05, 3.63) is 42.0 Å². The van der Waals surface area contributed by atoms with Gasteiger partial charge >= 0.3 is 5.97 Å². The molecule has 5 heteroatoms. The molecule has 0 spiro atoms. The maximum atomic E-state index is 12.8. The summed E-state index contributed by atoms with van der Waals surface area (Å²) in [6.45, 7) is 2.06. The zero-order chi connectivity index (χ0) is 16.8. The number of hydrogen-bond donors (Lipinski definition) is 0. The Bertz CT molecular complexity index is 704. The second kappa shape index (κ2) is 5.58. The molecule has 1 aromatic carbocycles. The van der Waals surface area contributed by atoms with E-state index in [1.165, 1.54) is 4.90 Å². The summed E-state index contributed by atoms with van der Waals surface area (Å²) in [4.78, 5) is 38.7. The van der Waals surface area contributed by atoms with E-state index in [1.54, 1.807) is 31.2 Å². The van der Waals surface area contributed by atoms with Crippen LogP contribution in [0.3, 0.4) is 0 Å². The number of carbonyl (C=O) groups is 3. The van der Waals surface area contributed by atoms with Gasteiger partial charge in [-0.25, -0.2) is 4.79 Å². The lowest BCUT2D eigenvalue weighted by Crippen LogP contribution is -2.38. The van der Waals surface area contributed by atoms with E-state index >= 15 is 0 Å². The molecule has 1 aromatic rings. The van der Waals surface area contributed by atoms with Crippen molar-refractivity contribution in [1.29, 1.82) is 0 Å². The Kier molecular flexibility index (Phi) is 3.52. The Morgan fingerprint density at radius 3 is 2.04 bits per heavy atom. The predicted octanol–water partition coefficient (Wildman–Crippen LogP) is 2.56. The molecular formula is C19H19NO4. The van der Waals surface area contributed by atoms with E-state index in [-0.39, 0.29) is 35.5 Å². The van der Waals surface area contributed by atoms with Crippen LogP contribution in [0.4, 0.5) is 5.69 Å². The van der Waals surface area contributed by atoms with Gasteiger partial charge in [0.25, 0.3) is 0 Å². The first-order chi connectivity index (χ1) is 11.6. The number of allylic oxidation sites excluding steroid dienone is 2. The van der Waals surface area contributed by atoms with Crippen molar-refractivity contribution in [1.82, 2.24) is 0 Å². The van der Waals surface area contributed by atoms with E-state index < -0.39 is 5.97 Å². The minimum absolute atomic E-state index is 0.104. The normalized spacial score (nSPS) is 30.6. The third-order valence-corrected chi connectivity index (χ3v) is 5.40. The van der Waals surface area contributed by atoms with E-state index in [0.717, 1.165) is 12.8 Å². The van der Waals surface area contributed by atoms with Crippen LogP contribution >= 0.6 is 0 Å². The molecule has 2 amide bonds. The maximum absolute atomic E-state index is 12.8. The molecule has 4 atom stereocenters. The van der Waals surface area contributed by atoms with Gasteiger partial charge in [0, 0.05) is 0 Å². The largest absolute Gasteiger partial charge is 0.462 e. The highest BCUT2D eigenvalue weighted by Crippen LogP contribution is 2.50. The van der Waals surface area contributed by atoms with Crippen LogP contribution in [0.1, 0.15) is 30.1 Å². The third kappa shape index (κ3) is 2.11. The van der Waals surface area contributed by atoms with Gasteiger partial charge in [0.2, 0.25) is 11.8 Å². The van der Waals surface area contributed by atoms with Crippen LogP contribution in [0.25, 0.3) is 0 Å². The number of nitrogens with zero attached hydrogens (tertiary/aromatic N) is 1. The van der Waals surface area contributed by atoms with Gasteiger partial charge in [-0.3, -0.25) is 14.5 Å². The van der Waals surface area contributed by atoms with Crippen molar-refractivity contribution in [3.8, 4) is 0 Å². The van der Waals surface area contributed by atoms with Crippen LogP contribution in [0.15, 0.2) is 36.4 Å². The van der Waals surface area contributed by atoms with Crippen molar-refractivity contribution in [2.75, 3.05) is 11.5 Å². The molecule has 2 fully saturated rings. The molecule has 1 heterocycles. The second-order valence-corrected chi connectivity index (χ2v) is 6.62. The van der Waals surface area contributed by atoms with Crippen LogP contribution in [-0.2, 0) is 14.3 Å². The number of carbonyl (C=O) groups excluding carboxylic acids is 3. The summed E-state index contributed by atoms with van der Waals surface area (Å²) in [6, 6.07) is 6.49. The smallest absolute Gasteiger partial charge is 0.338 e. The molecule has 4 aliphatic rings. The summed E-state index contributed by atoms with van der Waals surface area (Å²) in [5.41, 5.74) is 0.950. The first-order valence-corrected chi connectivity index (χ1v) is 8.45. The molecule has 1 aliphatic heterocycles. The zero-order valence-electron chi connectivity index (χ0n) is 13.5. The summed E-state index contributed by atoms with van der Waals surface area (Å²) >= 11 is 0. The minimum atomic E-state index is -0.404. The summed E-state index contributed by atoms with van der Waals surface area (Å²) < 4.78 is 4.95. The second-order valence-electron chi connectivity index (χ2n) is 6.62. The minimum Gasteiger partial charge on any atom is -0.462 e. The molecule has 1 saturated carbocycles. The van der Waals surface area contributed by atoms with E-state index in [1.807, 2.05) is 0 Å². The Morgan fingerprint density at radius 1 is 1.04 bits per heavy atom. The van der Waals surface area contributed by atoms with Crippen LogP contribution in [0, 0.1) is 23.7 Å². The average Bonchev–Trinajstić information content (AvgIpc) is 2.90. The SMILES string of the molecule is CCOC(=O)c1ccc(N2C(=O)[C@H]3[C@H](C2=O)[C@H]2C=C[C@H]3CC2)cc1. The Balaban J connectivity index is 1.62. The van der Waals surface area contributed by atoms with Crippen molar-refractivity contribution in [3.63, 3.8) is 0 Å². The van der Waals surface area contributed by atoms with Gasteiger partial charge < -0.3 is 4.74 Å². The van der Waals surface area contributed by atoms with Crippen molar-refractivity contribution < 1.29 is 19.1 Å². The molecule has 24 heavy (non-hydrogen) atoms. The number of fused-ring (bicyclic) bond motifs is 1. The highest BCUT2D eigenvalue weighted by molar-refractivity contribution is 6.22. The van der Waals surface area contributed by atoms with Gasteiger partial charge in [0.1, 0.15) is 0 Å². The number of benzene rings is 1. The van der Waals surface area contributed by atoms with E-state index in [4.69, 9.17) is 4.74 Å². The van der Waals surface area contributed by atoms with Crippen molar-refractivity contribution >= 4 is 23.5 Å². The summed E-state index contributed by atoms with van der Waals surface area (Å²) in [6.07, 6.45) is 6.18.